The second kappa shape index (κ2) is 4.04. The highest BCUT2D eigenvalue weighted by atomic mass is 16.5. The third-order valence-electron chi connectivity index (χ3n) is 2.80. The molecule has 4 nitrogen and oxygen atoms in total. The zero-order valence-electron chi connectivity index (χ0n) is 10.3. The Morgan fingerprint density at radius 2 is 2.50 bits per heavy atom. The number of rotatable bonds is 3. The van der Waals surface area contributed by atoms with Crippen LogP contribution in [0.5, 0.6) is 11.5 Å². The Bertz CT molecular complexity index is 459. The summed E-state index contributed by atoms with van der Waals surface area (Å²) >= 11 is 0. The summed E-state index contributed by atoms with van der Waals surface area (Å²) in [5.74, 6) is 0.577. The van der Waals surface area contributed by atoms with Crippen LogP contribution in [0.1, 0.15) is 36.5 Å². The molecule has 1 aliphatic heterocycles. The molecule has 1 aromatic rings. The predicted molar refractivity (Wildman–Crippen MR) is 60.0 cm³/mol. The van der Waals surface area contributed by atoms with Gasteiger partial charge >= 0.3 is 0 Å². The molecule has 0 saturated heterocycles. The number of amides is 1. The fraction of sp³-hybridized carbons (Fsp3) is 0.417. The highest BCUT2D eigenvalue weighted by molar-refractivity contribution is 5.94. The number of benzene rings is 1. The number of primary amides is 1. The Morgan fingerprint density at radius 3 is 3.06 bits per heavy atom. The highest BCUT2D eigenvalue weighted by Gasteiger charge is 2.27. The van der Waals surface area contributed by atoms with Gasteiger partial charge < -0.3 is 15.2 Å². The Balaban J connectivity index is 2.54. The van der Waals surface area contributed by atoms with Crippen LogP contribution in [0.15, 0.2) is 12.1 Å². The smallest absolute Gasteiger partial charge is 0.248 e. The summed E-state index contributed by atoms with van der Waals surface area (Å²) in [4.78, 5) is 11.2. The lowest BCUT2D eigenvalue weighted by atomic mass is 9.96. The van der Waals surface area contributed by atoms with Crippen molar-refractivity contribution in [3.63, 3.8) is 0 Å². The molecule has 1 heterocycles. The van der Waals surface area contributed by atoms with Gasteiger partial charge in [-0.1, -0.05) is 6.92 Å². The molecule has 16 heavy (non-hydrogen) atoms. The van der Waals surface area contributed by atoms with E-state index in [1.807, 2.05) is 0 Å². The lowest BCUT2D eigenvalue weighted by Crippen LogP contribution is -2.11. The van der Waals surface area contributed by atoms with Gasteiger partial charge in [0.15, 0.2) is 11.5 Å². The average molecular weight is 222 g/mol. The van der Waals surface area contributed by atoms with E-state index in [1.54, 1.807) is 19.1 Å². The SMILES string of the molecule is [2H]C(C)C1COc2c(OC)cc(C(N)=O)cc21. The number of hydrogen-bond donors (Lipinski definition) is 1. The van der Waals surface area contributed by atoms with Crippen LogP contribution in [0, 0.1) is 0 Å². The Morgan fingerprint density at radius 1 is 1.75 bits per heavy atom. The Labute approximate surface area is 95.7 Å². The predicted octanol–water partition coefficient (Wildman–Crippen LogP) is 1.68. The molecule has 1 aromatic carbocycles. The van der Waals surface area contributed by atoms with Crippen LogP contribution in [0.25, 0.3) is 0 Å². The van der Waals surface area contributed by atoms with E-state index >= 15 is 0 Å². The second-order valence-corrected chi connectivity index (χ2v) is 3.71. The number of carbonyl (C=O) groups excluding carboxylic acids is 1. The molecule has 0 saturated carbocycles. The van der Waals surface area contributed by atoms with Gasteiger partial charge in [0, 0.05) is 18.4 Å². The number of nitrogens with two attached hydrogens (primary N) is 1. The molecule has 0 aliphatic carbocycles. The first-order valence-corrected chi connectivity index (χ1v) is 5.11. The first-order chi connectivity index (χ1) is 8.04. The van der Waals surface area contributed by atoms with E-state index in [2.05, 4.69) is 0 Å². The Hall–Kier alpha value is -1.71. The number of hydrogen-bond acceptors (Lipinski definition) is 3. The molecule has 86 valence electrons. The average Bonchev–Trinajstić information content (AvgIpc) is 2.70. The van der Waals surface area contributed by atoms with E-state index in [0.29, 0.717) is 23.7 Å². The van der Waals surface area contributed by atoms with Gasteiger partial charge in [-0.25, -0.2) is 0 Å². The zero-order valence-corrected chi connectivity index (χ0v) is 9.32. The summed E-state index contributed by atoms with van der Waals surface area (Å²) in [5.41, 5.74) is 6.49. The lowest BCUT2D eigenvalue weighted by Gasteiger charge is -2.09. The largest absolute Gasteiger partial charge is 0.493 e. The molecule has 0 fully saturated rings. The molecule has 2 atom stereocenters. The fourth-order valence-corrected chi connectivity index (χ4v) is 1.89. The van der Waals surface area contributed by atoms with Crippen molar-refractivity contribution in [2.24, 2.45) is 5.73 Å². The number of ether oxygens (including phenoxy) is 2. The van der Waals surface area contributed by atoms with Crippen LogP contribution in [-0.4, -0.2) is 19.6 Å². The van der Waals surface area contributed by atoms with Gasteiger partial charge in [-0.15, -0.1) is 0 Å². The van der Waals surface area contributed by atoms with E-state index < -0.39 is 5.91 Å². The van der Waals surface area contributed by atoms with Gasteiger partial charge in [-0.2, -0.15) is 0 Å². The summed E-state index contributed by atoms with van der Waals surface area (Å²) in [6, 6.07) is 3.26. The van der Waals surface area contributed by atoms with Crippen molar-refractivity contribution in [3.8, 4) is 11.5 Å². The van der Waals surface area contributed by atoms with E-state index in [1.165, 1.54) is 7.11 Å². The summed E-state index contributed by atoms with van der Waals surface area (Å²) in [7, 11) is 1.52. The van der Waals surface area contributed by atoms with Crippen LogP contribution in [0.4, 0.5) is 0 Å². The molecule has 0 aromatic heterocycles. The molecule has 2 rings (SSSR count). The van der Waals surface area contributed by atoms with Gasteiger partial charge in [-0.3, -0.25) is 4.79 Å². The molecule has 1 aliphatic rings. The molecule has 0 spiro atoms. The standard InChI is InChI=1S/C12H15NO3/c1-3-7-6-16-11-9(7)4-8(12(13)14)5-10(11)15-2/h4-5,7H,3,6H2,1-2H3,(H2,13,14)/i3D. The molecule has 4 heteroatoms. The van der Waals surface area contributed by atoms with Crippen LogP contribution < -0.4 is 15.2 Å². The summed E-state index contributed by atoms with van der Waals surface area (Å²) in [6.07, 6.45) is -0.302. The van der Waals surface area contributed by atoms with Crippen molar-refractivity contribution in [1.29, 1.82) is 0 Å². The molecular formula is C12H15NO3. The fourth-order valence-electron chi connectivity index (χ4n) is 1.89. The highest BCUT2D eigenvalue weighted by Crippen LogP contribution is 2.43. The van der Waals surface area contributed by atoms with Gasteiger partial charge in [0.1, 0.15) is 0 Å². The van der Waals surface area contributed by atoms with Crippen LogP contribution >= 0.6 is 0 Å². The number of methoxy groups -OCH3 is 1. The van der Waals surface area contributed by atoms with Crippen LogP contribution in [-0.2, 0) is 0 Å². The normalized spacial score (nSPS) is 20.6. The van der Waals surface area contributed by atoms with Crippen molar-refractivity contribution >= 4 is 5.91 Å². The number of carbonyl (C=O) groups is 1. The topological polar surface area (TPSA) is 61.6 Å². The summed E-state index contributed by atoms with van der Waals surface area (Å²) in [5, 5.41) is 0. The van der Waals surface area contributed by atoms with Gasteiger partial charge in [0.05, 0.1) is 13.7 Å². The molecule has 2 unspecified atom stereocenters. The minimum atomic E-state index is -0.505. The van der Waals surface area contributed by atoms with Gasteiger partial charge in [0.25, 0.3) is 0 Å². The maximum absolute atomic E-state index is 11.2. The van der Waals surface area contributed by atoms with Crippen LogP contribution in [0.3, 0.4) is 0 Å². The zero-order chi connectivity index (χ0) is 12.6. The van der Waals surface area contributed by atoms with Crippen molar-refractivity contribution in [2.45, 2.75) is 19.2 Å². The first kappa shape index (κ1) is 9.51. The minimum absolute atomic E-state index is 0.0433. The minimum Gasteiger partial charge on any atom is -0.493 e. The van der Waals surface area contributed by atoms with Gasteiger partial charge in [-0.05, 0) is 18.5 Å². The van der Waals surface area contributed by atoms with Gasteiger partial charge in [0.2, 0.25) is 5.91 Å². The molecule has 1 amide bonds. The maximum Gasteiger partial charge on any atom is 0.248 e. The second-order valence-electron chi connectivity index (χ2n) is 3.71. The van der Waals surface area contributed by atoms with E-state index in [9.17, 15) is 4.79 Å². The molecular weight excluding hydrogens is 206 g/mol. The molecule has 0 bridgehead atoms. The van der Waals surface area contributed by atoms with Crippen molar-refractivity contribution < 1.29 is 15.6 Å². The Kier molecular flexibility index (Phi) is 2.40. The van der Waals surface area contributed by atoms with Crippen molar-refractivity contribution in [3.05, 3.63) is 23.3 Å². The monoisotopic (exact) mass is 222 g/mol. The van der Waals surface area contributed by atoms with E-state index in [4.69, 9.17) is 16.6 Å². The molecule has 0 radical (unpaired) electrons. The quantitative estimate of drug-likeness (QED) is 0.846. The van der Waals surface area contributed by atoms with Crippen molar-refractivity contribution in [1.82, 2.24) is 0 Å². The number of fused-ring (bicyclic) bond motifs is 1. The van der Waals surface area contributed by atoms with E-state index in [0.717, 1.165) is 5.56 Å². The summed E-state index contributed by atoms with van der Waals surface area (Å²) in [6.45, 7) is 2.24. The summed E-state index contributed by atoms with van der Waals surface area (Å²) < 4.78 is 18.5. The van der Waals surface area contributed by atoms with Crippen molar-refractivity contribution in [2.75, 3.05) is 13.7 Å². The maximum atomic E-state index is 11.2. The first-order valence-electron chi connectivity index (χ1n) is 5.69. The van der Waals surface area contributed by atoms with Crippen LogP contribution in [0.2, 0.25) is 0 Å². The lowest BCUT2D eigenvalue weighted by molar-refractivity contribution is 0.1000. The third-order valence-corrected chi connectivity index (χ3v) is 2.80. The van der Waals surface area contributed by atoms with E-state index in [-0.39, 0.29) is 12.3 Å². The third kappa shape index (κ3) is 1.60. The molecule has 2 N–H and O–H groups in total.